The molecule has 0 saturated carbocycles. The molecule has 2 aromatic heterocycles. The first-order valence-electron chi connectivity index (χ1n) is 9.79. The topological polar surface area (TPSA) is 112 Å². The molecule has 0 fully saturated rings. The van der Waals surface area contributed by atoms with E-state index in [-0.39, 0.29) is 36.6 Å². The van der Waals surface area contributed by atoms with Crippen LogP contribution in [0.2, 0.25) is 0 Å². The third-order valence-electron chi connectivity index (χ3n) is 4.86. The van der Waals surface area contributed by atoms with E-state index < -0.39 is 17.5 Å². The predicted octanol–water partition coefficient (Wildman–Crippen LogP) is 2.37. The zero-order valence-electron chi connectivity index (χ0n) is 17.9. The van der Waals surface area contributed by atoms with E-state index in [4.69, 9.17) is 10.5 Å². The number of hydrogen-bond acceptors (Lipinski definition) is 6. The summed E-state index contributed by atoms with van der Waals surface area (Å²) >= 11 is 0. The predicted molar refractivity (Wildman–Crippen MR) is 114 cm³/mol. The number of aromatic nitrogens is 3. The Morgan fingerprint density at radius 2 is 1.94 bits per heavy atom. The van der Waals surface area contributed by atoms with Gasteiger partial charge in [0.25, 0.3) is 5.56 Å². The van der Waals surface area contributed by atoms with Gasteiger partial charge in [-0.15, -0.1) is 0 Å². The first-order valence-corrected chi connectivity index (χ1v) is 9.79. The molecule has 3 aromatic rings. The van der Waals surface area contributed by atoms with Crippen LogP contribution in [0.25, 0.3) is 0 Å². The minimum atomic E-state index is -0.723. The molecule has 0 aliphatic heterocycles. The van der Waals surface area contributed by atoms with Gasteiger partial charge in [-0.05, 0) is 39.0 Å². The number of amides is 1. The van der Waals surface area contributed by atoms with Crippen molar-refractivity contribution in [3.63, 3.8) is 0 Å². The van der Waals surface area contributed by atoms with E-state index in [2.05, 4.69) is 15.3 Å². The van der Waals surface area contributed by atoms with Crippen molar-refractivity contribution >= 4 is 11.7 Å². The molecular formula is C22H23F2N5O3. The van der Waals surface area contributed by atoms with Crippen LogP contribution in [0.4, 0.5) is 14.6 Å². The molecule has 0 bridgehead atoms. The van der Waals surface area contributed by atoms with E-state index in [9.17, 15) is 18.4 Å². The molecule has 0 aliphatic carbocycles. The van der Waals surface area contributed by atoms with Gasteiger partial charge in [-0.1, -0.05) is 0 Å². The normalized spacial score (nSPS) is 10.8. The molecule has 0 spiro atoms. The van der Waals surface area contributed by atoms with Crippen molar-refractivity contribution in [2.24, 2.45) is 5.73 Å². The number of rotatable bonds is 7. The summed E-state index contributed by atoms with van der Waals surface area (Å²) in [5, 5.41) is 2.62. The van der Waals surface area contributed by atoms with Gasteiger partial charge >= 0.3 is 0 Å². The highest BCUT2D eigenvalue weighted by molar-refractivity contribution is 5.91. The Labute approximate surface area is 183 Å². The first-order chi connectivity index (χ1) is 15.2. The van der Waals surface area contributed by atoms with Gasteiger partial charge < -0.3 is 20.4 Å². The van der Waals surface area contributed by atoms with Crippen molar-refractivity contribution in [3.05, 3.63) is 80.7 Å². The number of nitrogens with one attached hydrogen (secondary N) is 1. The summed E-state index contributed by atoms with van der Waals surface area (Å²) in [7, 11) is 0. The van der Waals surface area contributed by atoms with Gasteiger partial charge in [0.1, 0.15) is 35.6 Å². The van der Waals surface area contributed by atoms with Crippen LogP contribution in [0.3, 0.4) is 0 Å². The average Bonchev–Trinajstić information content (AvgIpc) is 2.75. The number of ether oxygens (including phenoxy) is 1. The van der Waals surface area contributed by atoms with Crippen LogP contribution in [0.5, 0.6) is 5.75 Å². The molecule has 2 heterocycles. The molecule has 0 aliphatic rings. The molecule has 3 N–H and O–H groups in total. The van der Waals surface area contributed by atoms with E-state index in [1.165, 1.54) is 16.8 Å². The lowest BCUT2D eigenvalue weighted by Crippen LogP contribution is -2.27. The SMILES string of the molecule is Cc1ncc(Cn2c(C)cc(OCc3ccc(F)cc3F)c(C)c2=O)c(NC(=O)CN)n1. The number of nitrogens with zero attached hydrogens (tertiary/aromatic N) is 3. The van der Waals surface area contributed by atoms with Crippen LogP contribution in [0.15, 0.2) is 35.3 Å². The zero-order chi connectivity index (χ0) is 23.4. The molecule has 32 heavy (non-hydrogen) atoms. The van der Waals surface area contributed by atoms with Gasteiger partial charge in [0.05, 0.1) is 18.7 Å². The average molecular weight is 443 g/mol. The number of aryl methyl sites for hydroxylation is 2. The smallest absolute Gasteiger partial charge is 0.257 e. The fourth-order valence-corrected chi connectivity index (χ4v) is 3.06. The Kier molecular flexibility index (Phi) is 6.94. The highest BCUT2D eigenvalue weighted by Crippen LogP contribution is 2.21. The van der Waals surface area contributed by atoms with Crippen LogP contribution in [-0.2, 0) is 17.9 Å². The van der Waals surface area contributed by atoms with E-state index >= 15 is 0 Å². The number of hydrogen-bond donors (Lipinski definition) is 2. The summed E-state index contributed by atoms with van der Waals surface area (Å²) in [4.78, 5) is 33.1. The summed E-state index contributed by atoms with van der Waals surface area (Å²) in [6.45, 7) is 4.74. The van der Waals surface area contributed by atoms with Crippen LogP contribution in [0, 0.1) is 32.4 Å². The third-order valence-corrected chi connectivity index (χ3v) is 4.86. The standard InChI is InChI=1S/C22H23F2N5O3/c1-12-6-19(32-11-15-4-5-17(23)7-18(15)24)13(2)22(31)29(12)10-16-9-26-14(3)27-21(16)28-20(30)8-25/h4-7,9H,8,10-11,25H2,1-3H3,(H,26,27,28,30). The zero-order valence-corrected chi connectivity index (χ0v) is 17.9. The fraction of sp³-hybridized carbons (Fsp3) is 0.273. The van der Waals surface area contributed by atoms with Gasteiger partial charge in [0.15, 0.2) is 0 Å². The van der Waals surface area contributed by atoms with Gasteiger partial charge in [-0.2, -0.15) is 0 Å². The minimum Gasteiger partial charge on any atom is -0.488 e. The van der Waals surface area contributed by atoms with Gasteiger partial charge in [0.2, 0.25) is 5.91 Å². The maximum absolute atomic E-state index is 13.9. The number of carbonyl (C=O) groups is 1. The van der Waals surface area contributed by atoms with E-state index in [1.54, 1.807) is 26.8 Å². The van der Waals surface area contributed by atoms with E-state index in [0.717, 1.165) is 12.1 Å². The number of pyridine rings is 1. The van der Waals surface area contributed by atoms with E-state index in [1.807, 2.05) is 0 Å². The molecule has 1 amide bonds. The number of carbonyl (C=O) groups excluding carboxylic acids is 1. The molecule has 0 radical (unpaired) electrons. The van der Waals surface area contributed by atoms with Gasteiger partial charge in [0, 0.05) is 29.1 Å². The molecule has 1 aromatic carbocycles. The first kappa shape index (κ1) is 23.0. The molecule has 0 unspecified atom stereocenters. The number of anilines is 1. The Balaban J connectivity index is 1.88. The maximum Gasteiger partial charge on any atom is 0.257 e. The Morgan fingerprint density at radius 1 is 1.19 bits per heavy atom. The summed E-state index contributed by atoms with van der Waals surface area (Å²) in [6, 6.07) is 4.87. The van der Waals surface area contributed by atoms with Crippen molar-refractivity contribution in [1.82, 2.24) is 14.5 Å². The van der Waals surface area contributed by atoms with Crippen molar-refractivity contribution < 1.29 is 18.3 Å². The molecule has 168 valence electrons. The van der Waals surface area contributed by atoms with Crippen molar-refractivity contribution in [1.29, 1.82) is 0 Å². The minimum absolute atomic E-state index is 0.110. The summed E-state index contributed by atoms with van der Waals surface area (Å²) in [5.74, 6) is -0.783. The Hall–Kier alpha value is -3.66. The lowest BCUT2D eigenvalue weighted by molar-refractivity contribution is -0.114. The fourth-order valence-electron chi connectivity index (χ4n) is 3.06. The monoisotopic (exact) mass is 443 g/mol. The molecule has 8 nitrogen and oxygen atoms in total. The molecule has 3 rings (SSSR count). The second-order valence-electron chi connectivity index (χ2n) is 7.23. The number of nitrogens with two attached hydrogens (primary N) is 1. The van der Waals surface area contributed by atoms with Crippen molar-refractivity contribution in [2.45, 2.75) is 33.9 Å². The lowest BCUT2D eigenvalue weighted by atomic mass is 10.2. The third kappa shape index (κ3) is 5.14. The number of halogens is 2. The van der Waals surface area contributed by atoms with Gasteiger partial charge in [-0.3, -0.25) is 9.59 Å². The second kappa shape index (κ2) is 9.65. The molecule has 0 saturated heterocycles. The molecule has 0 atom stereocenters. The summed E-state index contributed by atoms with van der Waals surface area (Å²) in [6.07, 6.45) is 1.54. The lowest BCUT2D eigenvalue weighted by Gasteiger charge is -2.17. The largest absolute Gasteiger partial charge is 0.488 e. The second-order valence-corrected chi connectivity index (χ2v) is 7.23. The Bertz CT molecular complexity index is 1230. The van der Waals surface area contributed by atoms with Crippen molar-refractivity contribution in [3.8, 4) is 5.75 Å². The van der Waals surface area contributed by atoms with Crippen LogP contribution >= 0.6 is 0 Å². The highest BCUT2D eigenvalue weighted by atomic mass is 19.1. The van der Waals surface area contributed by atoms with Crippen molar-refractivity contribution in [2.75, 3.05) is 11.9 Å². The molecular weight excluding hydrogens is 420 g/mol. The quantitative estimate of drug-likeness (QED) is 0.580. The van der Waals surface area contributed by atoms with Gasteiger partial charge in [-0.25, -0.2) is 18.7 Å². The van der Waals surface area contributed by atoms with Crippen LogP contribution < -0.4 is 21.3 Å². The summed E-state index contributed by atoms with van der Waals surface area (Å²) < 4.78 is 34.1. The Morgan fingerprint density at radius 3 is 2.62 bits per heavy atom. The maximum atomic E-state index is 13.9. The summed E-state index contributed by atoms with van der Waals surface area (Å²) in [5.41, 5.74) is 6.64. The highest BCUT2D eigenvalue weighted by Gasteiger charge is 2.15. The molecule has 10 heteroatoms. The number of benzene rings is 1. The van der Waals surface area contributed by atoms with Crippen LogP contribution in [0.1, 0.15) is 28.2 Å². The van der Waals surface area contributed by atoms with E-state index in [0.29, 0.717) is 28.4 Å². The van der Waals surface area contributed by atoms with Crippen LogP contribution in [-0.4, -0.2) is 27.0 Å².